The average molecular weight is 412 g/mol. The molecule has 0 radical (unpaired) electrons. The summed E-state index contributed by atoms with van der Waals surface area (Å²) in [6.45, 7) is 4.98. The van der Waals surface area contributed by atoms with Crippen molar-refractivity contribution in [3.8, 4) is 11.1 Å². The summed E-state index contributed by atoms with van der Waals surface area (Å²) in [4.78, 5) is 12.1. The SMILES string of the molecule is CC(C)N(Cc1ccccc1)c1nc(Cl)nc2scc(-c3ccc(F)cc3)c12. The van der Waals surface area contributed by atoms with Crippen LogP contribution in [0.4, 0.5) is 10.2 Å². The maximum Gasteiger partial charge on any atom is 0.225 e. The van der Waals surface area contributed by atoms with E-state index in [2.05, 4.69) is 40.8 Å². The predicted octanol–water partition coefficient (Wildman–Crippen LogP) is 6.57. The van der Waals surface area contributed by atoms with Gasteiger partial charge < -0.3 is 4.90 Å². The standard InChI is InChI=1S/C22H19ClFN3S/c1-14(2)27(12-15-6-4-3-5-7-15)20-19-18(16-8-10-17(24)11-9-16)13-28-21(19)26-22(23)25-20/h3-11,13-14H,12H2,1-2H3. The fourth-order valence-corrected chi connectivity index (χ4v) is 4.39. The van der Waals surface area contributed by atoms with Gasteiger partial charge in [0, 0.05) is 23.5 Å². The van der Waals surface area contributed by atoms with Crippen LogP contribution in [-0.4, -0.2) is 16.0 Å². The fraction of sp³-hybridized carbons (Fsp3) is 0.182. The summed E-state index contributed by atoms with van der Waals surface area (Å²) in [6, 6.07) is 17.0. The van der Waals surface area contributed by atoms with Gasteiger partial charge in [-0.05, 0) is 48.7 Å². The molecular weight excluding hydrogens is 393 g/mol. The third kappa shape index (κ3) is 3.73. The van der Waals surface area contributed by atoms with Crippen molar-refractivity contribution in [2.45, 2.75) is 26.4 Å². The molecule has 2 aromatic carbocycles. The largest absolute Gasteiger partial charge is 0.349 e. The molecule has 0 bridgehead atoms. The third-order valence-electron chi connectivity index (χ3n) is 4.63. The second-order valence-corrected chi connectivity index (χ2v) is 8.06. The molecule has 0 aliphatic heterocycles. The number of benzene rings is 2. The smallest absolute Gasteiger partial charge is 0.225 e. The third-order valence-corrected chi connectivity index (χ3v) is 5.67. The molecule has 28 heavy (non-hydrogen) atoms. The molecule has 0 spiro atoms. The first-order valence-corrected chi connectivity index (χ1v) is 10.3. The molecule has 0 saturated heterocycles. The number of thiophene rings is 1. The molecule has 0 fully saturated rings. The Bertz CT molecular complexity index is 1090. The molecule has 6 heteroatoms. The van der Waals surface area contributed by atoms with Gasteiger partial charge >= 0.3 is 0 Å². The Hall–Kier alpha value is -2.50. The number of fused-ring (bicyclic) bond motifs is 1. The minimum atomic E-state index is -0.254. The highest BCUT2D eigenvalue weighted by atomic mass is 35.5. The molecule has 0 aliphatic carbocycles. The van der Waals surface area contributed by atoms with Crippen molar-refractivity contribution in [1.82, 2.24) is 9.97 Å². The number of halogens is 2. The molecule has 142 valence electrons. The average Bonchev–Trinajstić information content (AvgIpc) is 3.10. The van der Waals surface area contributed by atoms with E-state index in [-0.39, 0.29) is 17.1 Å². The Balaban J connectivity index is 1.88. The summed E-state index contributed by atoms with van der Waals surface area (Å²) >= 11 is 7.78. The first kappa shape index (κ1) is 18.8. The second kappa shape index (κ2) is 7.86. The monoisotopic (exact) mass is 411 g/mol. The van der Waals surface area contributed by atoms with Gasteiger partial charge in [0.2, 0.25) is 5.28 Å². The summed E-state index contributed by atoms with van der Waals surface area (Å²) in [6.07, 6.45) is 0. The number of hydrogen-bond acceptors (Lipinski definition) is 4. The molecular formula is C22H19ClFN3S. The van der Waals surface area contributed by atoms with Gasteiger partial charge in [-0.15, -0.1) is 11.3 Å². The maximum absolute atomic E-state index is 13.4. The quantitative estimate of drug-likeness (QED) is 0.348. The highest BCUT2D eigenvalue weighted by molar-refractivity contribution is 7.17. The lowest BCUT2D eigenvalue weighted by Gasteiger charge is -2.29. The number of rotatable bonds is 5. The maximum atomic E-state index is 13.4. The van der Waals surface area contributed by atoms with Crippen LogP contribution in [0.2, 0.25) is 5.28 Å². The Morgan fingerprint density at radius 1 is 1.04 bits per heavy atom. The van der Waals surface area contributed by atoms with Crippen molar-refractivity contribution in [2.24, 2.45) is 0 Å². The summed E-state index contributed by atoms with van der Waals surface area (Å²) in [7, 11) is 0. The van der Waals surface area contributed by atoms with E-state index < -0.39 is 0 Å². The normalized spacial score (nSPS) is 11.3. The zero-order valence-electron chi connectivity index (χ0n) is 15.6. The van der Waals surface area contributed by atoms with Gasteiger partial charge in [0.1, 0.15) is 16.5 Å². The van der Waals surface area contributed by atoms with Crippen LogP contribution in [0.25, 0.3) is 21.3 Å². The Morgan fingerprint density at radius 3 is 2.43 bits per heavy atom. The van der Waals surface area contributed by atoms with Crippen molar-refractivity contribution in [3.05, 3.63) is 76.6 Å². The van der Waals surface area contributed by atoms with Crippen molar-refractivity contribution >= 4 is 39.0 Å². The van der Waals surface area contributed by atoms with Crippen LogP contribution in [0.3, 0.4) is 0 Å². The zero-order valence-corrected chi connectivity index (χ0v) is 17.1. The fourth-order valence-electron chi connectivity index (χ4n) is 3.23. The van der Waals surface area contributed by atoms with Crippen LogP contribution < -0.4 is 4.90 Å². The van der Waals surface area contributed by atoms with E-state index in [9.17, 15) is 4.39 Å². The lowest BCUT2D eigenvalue weighted by atomic mass is 10.1. The Morgan fingerprint density at radius 2 is 1.75 bits per heavy atom. The first-order valence-electron chi connectivity index (χ1n) is 9.04. The topological polar surface area (TPSA) is 29.0 Å². The molecule has 4 aromatic rings. The molecule has 2 aromatic heterocycles. The molecule has 0 saturated carbocycles. The van der Waals surface area contributed by atoms with Crippen LogP contribution in [0, 0.1) is 5.82 Å². The van der Waals surface area contributed by atoms with Crippen LogP contribution >= 0.6 is 22.9 Å². The number of hydrogen-bond donors (Lipinski definition) is 0. The van der Waals surface area contributed by atoms with E-state index in [0.717, 1.165) is 27.2 Å². The van der Waals surface area contributed by atoms with E-state index in [1.807, 2.05) is 23.6 Å². The molecule has 0 amide bonds. The number of anilines is 1. The zero-order chi connectivity index (χ0) is 19.7. The van der Waals surface area contributed by atoms with E-state index >= 15 is 0 Å². The molecule has 0 N–H and O–H groups in total. The van der Waals surface area contributed by atoms with Crippen LogP contribution in [0.15, 0.2) is 60.0 Å². The van der Waals surface area contributed by atoms with E-state index in [1.54, 1.807) is 12.1 Å². The minimum absolute atomic E-state index is 0.204. The summed E-state index contributed by atoms with van der Waals surface area (Å²) in [5, 5.41) is 3.22. The van der Waals surface area contributed by atoms with Crippen molar-refractivity contribution in [2.75, 3.05) is 4.90 Å². The lowest BCUT2D eigenvalue weighted by Crippen LogP contribution is -2.31. The van der Waals surface area contributed by atoms with Gasteiger partial charge in [-0.25, -0.2) is 9.37 Å². The summed E-state index contributed by atoms with van der Waals surface area (Å²) in [5.74, 6) is 0.546. The van der Waals surface area contributed by atoms with E-state index in [4.69, 9.17) is 11.6 Å². The van der Waals surface area contributed by atoms with E-state index in [0.29, 0.717) is 6.54 Å². The number of nitrogens with zero attached hydrogens (tertiary/aromatic N) is 3. The molecule has 0 unspecified atom stereocenters. The predicted molar refractivity (Wildman–Crippen MR) is 116 cm³/mol. The highest BCUT2D eigenvalue weighted by Crippen LogP contribution is 2.39. The van der Waals surface area contributed by atoms with Crippen molar-refractivity contribution < 1.29 is 4.39 Å². The Labute approximate surface area is 172 Å². The van der Waals surface area contributed by atoms with Crippen LogP contribution in [0.5, 0.6) is 0 Å². The summed E-state index contributed by atoms with van der Waals surface area (Å²) < 4.78 is 13.4. The van der Waals surface area contributed by atoms with Gasteiger partial charge in [-0.3, -0.25) is 0 Å². The first-order chi connectivity index (χ1) is 13.5. The molecule has 0 aliphatic rings. The van der Waals surface area contributed by atoms with Gasteiger partial charge in [-0.1, -0.05) is 42.5 Å². The molecule has 0 atom stereocenters. The van der Waals surface area contributed by atoms with Crippen molar-refractivity contribution in [1.29, 1.82) is 0 Å². The Kier molecular flexibility index (Phi) is 5.29. The minimum Gasteiger partial charge on any atom is -0.349 e. The second-order valence-electron chi connectivity index (χ2n) is 6.86. The van der Waals surface area contributed by atoms with Crippen molar-refractivity contribution in [3.63, 3.8) is 0 Å². The molecule has 4 rings (SSSR count). The summed E-state index contributed by atoms with van der Waals surface area (Å²) in [5.41, 5.74) is 3.12. The van der Waals surface area contributed by atoms with Crippen LogP contribution in [-0.2, 0) is 6.54 Å². The lowest BCUT2D eigenvalue weighted by molar-refractivity contribution is 0.628. The van der Waals surface area contributed by atoms with Gasteiger partial charge in [0.15, 0.2) is 0 Å². The molecule has 3 nitrogen and oxygen atoms in total. The van der Waals surface area contributed by atoms with E-state index in [1.165, 1.54) is 29.0 Å². The van der Waals surface area contributed by atoms with Gasteiger partial charge in [0.05, 0.1) is 5.39 Å². The van der Waals surface area contributed by atoms with Crippen LogP contribution in [0.1, 0.15) is 19.4 Å². The van der Waals surface area contributed by atoms with Gasteiger partial charge in [-0.2, -0.15) is 4.98 Å². The van der Waals surface area contributed by atoms with Gasteiger partial charge in [0.25, 0.3) is 0 Å². The highest BCUT2D eigenvalue weighted by Gasteiger charge is 2.21. The number of aromatic nitrogens is 2. The molecule has 2 heterocycles.